The smallest absolute Gasteiger partial charge is 0.191 e. The van der Waals surface area contributed by atoms with E-state index in [0.29, 0.717) is 6.54 Å². The van der Waals surface area contributed by atoms with Gasteiger partial charge in [-0.2, -0.15) is 0 Å². The van der Waals surface area contributed by atoms with E-state index >= 15 is 0 Å². The fourth-order valence-corrected chi connectivity index (χ4v) is 1.20. The Morgan fingerprint density at radius 3 is 2.50 bits per heavy atom. The van der Waals surface area contributed by atoms with Crippen LogP contribution in [-0.4, -0.2) is 51.5 Å². The lowest BCUT2D eigenvalue weighted by atomic mass is 10.1. The Morgan fingerprint density at radius 1 is 1.22 bits per heavy atom. The highest BCUT2D eigenvalue weighted by molar-refractivity contribution is 5.79. The third-order valence-corrected chi connectivity index (χ3v) is 2.48. The third-order valence-electron chi connectivity index (χ3n) is 2.48. The summed E-state index contributed by atoms with van der Waals surface area (Å²) in [5, 5.41) is 6.49. The number of guanidine groups is 1. The first-order valence-electron chi connectivity index (χ1n) is 6.70. The highest BCUT2D eigenvalue weighted by atomic mass is 16.5. The summed E-state index contributed by atoms with van der Waals surface area (Å²) in [5.41, 5.74) is -0.228. The van der Waals surface area contributed by atoms with Crippen LogP contribution in [0.1, 0.15) is 34.1 Å². The van der Waals surface area contributed by atoms with E-state index in [2.05, 4.69) is 22.5 Å². The van der Waals surface area contributed by atoms with Crippen molar-refractivity contribution in [1.82, 2.24) is 10.6 Å². The Kier molecular flexibility index (Phi) is 9.69. The van der Waals surface area contributed by atoms with Gasteiger partial charge in [0.25, 0.3) is 0 Å². The zero-order chi connectivity index (χ0) is 13.9. The van der Waals surface area contributed by atoms with Gasteiger partial charge in [-0.3, -0.25) is 4.99 Å². The number of aliphatic imine (C=N–C) groups is 1. The van der Waals surface area contributed by atoms with Crippen molar-refractivity contribution in [3.8, 4) is 0 Å². The van der Waals surface area contributed by atoms with Gasteiger partial charge in [0.05, 0.1) is 12.1 Å². The van der Waals surface area contributed by atoms with Crippen molar-refractivity contribution >= 4 is 5.96 Å². The summed E-state index contributed by atoms with van der Waals surface area (Å²) in [6, 6.07) is 0. The second-order valence-electron chi connectivity index (χ2n) is 4.64. The number of rotatable bonds is 9. The molecule has 0 unspecified atom stereocenters. The van der Waals surface area contributed by atoms with E-state index in [9.17, 15) is 0 Å². The van der Waals surface area contributed by atoms with E-state index in [4.69, 9.17) is 9.47 Å². The van der Waals surface area contributed by atoms with Crippen LogP contribution >= 0.6 is 0 Å². The zero-order valence-electron chi connectivity index (χ0n) is 12.5. The standard InChI is InChI=1S/C13H29N3O2/c1-6-14-12(15-9-8-10-18-7-2)16-11-13(3,4)17-5/h6-11H2,1-5H3,(H2,14,15,16). The molecule has 0 saturated heterocycles. The summed E-state index contributed by atoms with van der Waals surface area (Å²) in [4.78, 5) is 4.50. The molecule has 108 valence electrons. The summed E-state index contributed by atoms with van der Waals surface area (Å²) in [5.74, 6) is 0.833. The number of nitrogens with zero attached hydrogens (tertiary/aromatic N) is 1. The number of nitrogens with one attached hydrogen (secondary N) is 2. The second-order valence-corrected chi connectivity index (χ2v) is 4.64. The van der Waals surface area contributed by atoms with Gasteiger partial charge in [-0.25, -0.2) is 0 Å². The van der Waals surface area contributed by atoms with Crippen LogP contribution in [0.3, 0.4) is 0 Å². The minimum absolute atomic E-state index is 0.228. The molecule has 0 aliphatic heterocycles. The predicted molar refractivity (Wildman–Crippen MR) is 76.2 cm³/mol. The van der Waals surface area contributed by atoms with Gasteiger partial charge in [0, 0.05) is 33.4 Å². The van der Waals surface area contributed by atoms with Crippen LogP contribution in [0.15, 0.2) is 4.99 Å². The summed E-state index contributed by atoms with van der Waals surface area (Å²) < 4.78 is 10.6. The Hall–Kier alpha value is -0.810. The van der Waals surface area contributed by atoms with Crippen molar-refractivity contribution < 1.29 is 9.47 Å². The first-order chi connectivity index (χ1) is 8.55. The molecular weight excluding hydrogens is 230 g/mol. The van der Waals surface area contributed by atoms with Gasteiger partial charge in [-0.05, 0) is 34.1 Å². The molecule has 2 N–H and O–H groups in total. The molecule has 0 aliphatic carbocycles. The SMILES string of the molecule is CCNC(=NCC(C)(C)OC)NCCCOCC. The van der Waals surface area contributed by atoms with E-state index in [-0.39, 0.29) is 5.60 Å². The first kappa shape index (κ1) is 17.2. The van der Waals surface area contributed by atoms with Gasteiger partial charge in [0.1, 0.15) is 0 Å². The van der Waals surface area contributed by atoms with Gasteiger partial charge < -0.3 is 20.1 Å². The second kappa shape index (κ2) is 10.1. The maximum Gasteiger partial charge on any atom is 0.191 e. The predicted octanol–water partition coefficient (Wildman–Crippen LogP) is 1.39. The lowest BCUT2D eigenvalue weighted by molar-refractivity contribution is 0.0310. The Labute approximate surface area is 111 Å². The van der Waals surface area contributed by atoms with Crippen molar-refractivity contribution in [1.29, 1.82) is 0 Å². The van der Waals surface area contributed by atoms with Gasteiger partial charge in [0.2, 0.25) is 0 Å². The molecule has 5 nitrogen and oxygen atoms in total. The summed E-state index contributed by atoms with van der Waals surface area (Å²) in [6.45, 7) is 12.0. The summed E-state index contributed by atoms with van der Waals surface area (Å²) >= 11 is 0. The molecular formula is C13H29N3O2. The average molecular weight is 259 g/mol. The molecule has 5 heteroatoms. The lowest BCUT2D eigenvalue weighted by Gasteiger charge is -2.21. The van der Waals surface area contributed by atoms with Crippen LogP contribution in [0.25, 0.3) is 0 Å². The molecule has 0 fully saturated rings. The zero-order valence-corrected chi connectivity index (χ0v) is 12.5. The van der Waals surface area contributed by atoms with Gasteiger partial charge in [0.15, 0.2) is 5.96 Å². The molecule has 0 radical (unpaired) electrons. The van der Waals surface area contributed by atoms with Gasteiger partial charge in [-0.1, -0.05) is 0 Å². The van der Waals surface area contributed by atoms with Crippen molar-refractivity contribution in [2.75, 3.05) is 40.0 Å². The molecule has 0 aromatic carbocycles. The average Bonchev–Trinajstić information content (AvgIpc) is 2.35. The van der Waals surface area contributed by atoms with Crippen LogP contribution in [0.2, 0.25) is 0 Å². The molecule has 0 rings (SSSR count). The highest BCUT2D eigenvalue weighted by Crippen LogP contribution is 2.06. The number of methoxy groups -OCH3 is 1. The Morgan fingerprint density at radius 2 is 1.94 bits per heavy atom. The van der Waals surface area contributed by atoms with Crippen LogP contribution in [0.4, 0.5) is 0 Å². The molecule has 0 aromatic heterocycles. The molecule has 0 saturated carbocycles. The fourth-order valence-electron chi connectivity index (χ4n) is 1.20. The third kappa shape index (κ3) is 9.24. The first-order valence-corrected chi connectivity index (χ1v) is 6.70. The molecule has 0 aromatic rings. The Bertz CT molecular complexity index is 230. The maximum atomic E-state index is 5.34. The summed E-state index contributed by atoms with van der Waals surface area (Å²) in [7, 11) is 1.71. The normalized spacial score (nSPS) is 12.6. The van der Waals surface area contributed by atoms with Crippen molar-refractivity contribution in [2.24, 2.45) is 4.99 Å². The van der Waals surface area contributed by atoms with E-state index in [0.717, 1.165) is 38.7 Å². The fraction of sp³-hybridized carbons (Fsp3) is 0.923. The van der Waals surface area contributed by atoms with E-state index in [1.807, 2.05) is 20.8 Å². The largest absolute Gasteiger partial charge is 0.382 e. The van der Waals surface area contributed by atoms with Crippen LogP contribution < -0.4 is 10.6 Å². The van der Waals surface area contributed by atoms with Crippen LogP contribution in [-0.2, 0) is 9.47 Å². The molecule has 0 heterocycles. The van der Waals surface area contributed by atoms with Crippen molar-refractivity contribution in [3.05, 3.63) is 0 Å². The van der Waals surface area contributed by atoms with Crippen molar-refractivity contribution in [3.63, 3.8) is 0 Å². The number of ether oxygens (including phenoxy) is 2. The maximum absolute atomic E-state index is 5.34. The Balaban J connectivity index is 4.01. The molecule has 0 amide bonds. The number of hydrogen-bond acceptors (Lipinski definition) is 3. The minimum Gasteiger partial charge on any atom is -0.382 e. The number of hydrogen-bond donors (Lipinski definition) is 2. The minimum atomic E-state index is -0.228. The molecule has 0 spiro atoms. The quantitative estimate of drug-likeness (QED) is 0.373. The van der Waals surface area contributed by atoms with Crippen LogP contribution in [0.5, 0.6) is 0 Å². The van der Waals surface area contributed by atoms with Crippen molar-refractivity contribution in [2.45, 2.75) is 39.7 Å². The van der Waals surface area contributed by atoms with E-state index in [1.54, 1.807) is 7.11 Å². The summed E-state index contributed by atoms with van der Waals surface area (Å²) in [6.07, 6.45) is 0.978. The topological polar surface area (TPSA) is 54.9 Å². The lowest BCUT2D eigenvalue weighted by Crippen LogP contribution is -2.39. The highest BCUT2D eigenvalue weighted by Gasteiger charge is 2.15. The van der Waals surface area contributed by atoms with Crippen LogP contribution in [0, 0.1) is 0 Å². The van der Waals surface area contributed by atoms with E-state index < -0.39 is 0 Å². The molecule has 0 bridgehead atoms. The van der Waals surface area contributed by atoms with Gasteiger partial charge >= 0.3 is 0 Å². The monoisotopic (exact) mass is 259 g/mol. The van der Waals surface area contributed by atoms with E-state index in [1.165, 1.54) is 0 Å². The van der Waals surface area contributed by atoms with Gasteiger partial charge in [-0.15, -0.1) is 0 Å². The molecule has 0 atom stereocenters. The molecule has 0 aliphatic rings. The molecule has 18 heavy (non-hydrogen) atoms.